The van der Waals surface area contributed by atoms with E-state index in [0.717, 1.165) is 56.6 Å². The molecule has 1 amide bonds. The van der Waals surface area contributed by atoms with E-state index in [9.17, 15) is 14.7 Å². The van der Waals surface area contributed by atoms with E-state index in [-0.39, 0.29) is 24.4 Å². The van der Waals surface area contributed by atoms with E-state index in [4.69, 9.17) is 4.74 Å². The van der Waals surface area contributed by atoms with Gasteiger partial charge >= 0.3 is 5.97 Å². The third kappa shape index (κ3) is 7.71. The van der Waals surface area contributed by atoms with Gasteiger partial charge in [-0.1, -0.05) is 32.4 Å². The van der Waals surface area contributed by atoms with Crippen LogP contribution in [0.15, 0.2) is 24.3 Å². The fourth-order valence-electron chi connectivity index (χ4n) is 4.91. The van der Waals surface area contributed by atoms with Gasteiger partial charge in [0.25, 0.3) is 0 Å². The average Bonchev–Trinajstić information content (AvgIpc) is 3.16. The zero-order valence-corrected chi connectivity index (χ0v) is 21.1. The first-order valence-electron chi connectivity index (χ1n) is 12.4. The van der Waals surface area contributed by atoms with Crippen molar-refractivity contribution < 1.29 is 19.4 Å². The van der Waals surface area contributed by atoms with Crippen molar-refractivity contribution in [2.45, 2.75) is 57.9 Å². The third-order valence-electron chi connectivity index (χ3n) is 6.75. The van der Waals surface area contributed by atoms with Gasteiger partial charge in [-0.15, -0.1) is 0 Å². The second kappa shape index (κ2) is 13.6. The molecule has 186 valence electrons. The van der Waals surface area contributed by atoms with Gasteiger partial charge in [0.1, 0.15) is 5.75 Å². The summed E-state index contributed by atoms with van der Waals surface area (Å²) in [7, 11) is 5.75. The Morgan fingerprint density at radius 2 is 1.70 bits per heavy atom. The molecule has 1 aromatic carbocycles. The minimum atomic E-state index is -0.788. The molecule has 0 saturated carbocycles. The minimum Gasteiger partial charge on any atom is -0.497 e. The number of aliphatic carboxylic acids is 1. The Hall–Kier alpha value is -2.12. The fourth-order valence-corrected chi connectivity index (χ4v) is 4.91. The number of carboxylic acids is 1. The molecule has 1 heterocycles. The summed E-state index contributed by atoms with van der Waals surface area (Å²) in [6.45, 7) is 7.57. The highest BCUT2D eigenvalue weighted by molar-refractivity contribution is 5.79. The highest BCUT2D eigenvalue weighted by Gasteiger charge is 2.46. The number of hydrogen-bond acceptors (Lipinski definition) is 5. The van der Waals surface area contributed by atoms with E-state index in [0.29, 0.717) is 13.0 Å². The number of likely N-dealkylation sites (tertiary alicyclic amines) is 1. The second-order valence-electron chi connectivity index (χ2n) is 9.39. The van der Waals surface area contributed by atoms with Gasteiger partial charge in [0.15, 0.2) is 0 Å². The van der Waals surface area contributed by atoms with Gasteiger partial charge in [-0.3, -0.25) is 14.5 Å². The molecule has 1 N–H and O–H groups in total. The summed E-state index contributed by atoms with van der Waals surface area (Å²) >= 11 is 0. The zero-order chi connectivity index (χ0) is 24.4. The molecule has 1 aliphatic rings. The number of rotatable bonds is 14. The highest BCUT2D eigenvalue weighted by Crippen LogP contribution is 2.39. The Morgan fingerprint density at radius 3 is 2.24 bits per heavy atom. The van der Waals surface area contributed by atoms with Gasteiger partial charge in [-0.2, -0.15) is 0 Å². The average molecular weight is 462 g/mol. The zero-order valence-electron chi connectivity index (χ0n) is 21.1. The molecule has 0 radical (unpaired) electrons. The van der Waals surface area contributed by atoms with E-state index < -0.39 is 11.9 Å². The molecule has 0 aliphatic carbocycles. The number of nitrogens with zero attached hydrogens (tertiary/aromatic N) is 3. The maximum atomic E-state index is 13.3. The molecule has 0 unspecified atom stereocenters. The Morgan fingerprint density at radius 1 is 1.06 bits per heavy atom. The van der Waals surface area contributed by atoms with Gasteiger partial charge < -0.3 is 19.6 Å². The van der Waals surface area contributed by atoms with Crippen LogP contribution in [0.1, 0.15) is 57.4 Å². The lowest BCUT2D eigenvalue weighted by atomic mass is 9.84. The number of carboxylic acid groups (broad SMARTS) is 1. The molecule has 1 fully saturated rings. The highest BCUT2D eigenvalue weighted by atomic mass is 16.5. The molecule has 3 atom stereocenters. The Bertz CT molecular complexity index is 738. The summed E-state index contributed by atoms with van der Waals surface area (Å²) in [6.07, 6.45) is 4.78. The number of carbonyl (C=O) groups is 2. The van der Waals surface area contributed by atoms with Crippen LogP contribution in [-0.2, 0) is 9.59 Å². The van der Waals surface area contributed by atoms with Crippen molar-refractivity contribution in [2.24, 2.45) is 5.92 Å². The topological polar surface area (TPSA) is 73.3 Å². The monoisotopic (exact) mass is 461 g/mol. The van der Waals surface area contributed by atoms with Crippen LogP contribution in [0.5, 0.6) is 5.75 Å². The number of amides is 1. The van der Waals surface area contributed by atoms with Crippen LogP contribution in [0.4, 0.5) is 0 Å². The first kappa shape index (κ1) is 27.1. The summed E-state index contributed by atoms with van der Waals surface area (Å²) in [5.41, 5.74) is 0.989. The van der Waals surface area contributed by atoms with Gasteiger partial charge in [-0.05, 0) is 64.0 Å². The number of benzene rings is 1. The van der Waals surface area contributed by atoms with Crippen molar-refractivity contribution in [1.82, 2.24) is 14.7 Å². The van der Waals surface area contributed by atoms with Crippen molar-refractivity contribution in [1.29, 1.82) is 0 Å². The largest absolute Gasteiger partial charge is 0.497 e. The molecule has 1 saturated heterocycles. The predicted molar refractivity (Wildman–Crippen MR) is 132 cm³/mol. The van der Waals surface area contributed by atoms with Gasteiger partial charge in [0.05, 0.1) is 19.6 Å². The van der Waals surface area contributed by atoms with Gasteiger partial charge in [0, 0.05) is 31.6 Å². The number of methoxy groups -OCH3 is 1. The van der Waals surface area contributed by atoms with Gasteiger partial charge in [0.2, 0.25) is 5.91 Å². The predicted octanol–water partition coefficient (Wildman–Crippen LogP) is 3.54. The van der Waals surface area contributed by atoms with Crippen molar-refractivity contribution >= 4 is 11.9 Å². The molecule has 1 aromatic rings. The number of carbonyl (C=O) groups excluding carboxylic acids is 1. The Kier molecular flexibility index (Phi) is 11.1. The molecular weight excluding hydrogens is 418 g/mol. The summed E-state index contributed by atoms with van der Waals surface area (Å²) in [5, 5.41) is 10.1. The molecular formula is C26H43N3O4. The van der Waals surface area contributed by atoms with Crippen LogP contribution in [0.2, 0.25) is 0 Å². The lowest BCUT2D eigenvalue weighted by Crippen LogP contribution is -2.44. The molecule has 7 heteroatoms. The third-order valence-corrected chi connectivity index (χ3v) is 6.75. The molecule has 0 spiro atoms. The van der Waals surface area contributed by atoms with E-state index in [2.05, 4.69) is 30.8 Å². The quantitative estimate of drug-likeness (QED) is 0.427. The van der Waals surface area contributed by atoms with Crippen molar-refractivity contribution in [2.75, 3.05) is 53.9 Å². The van der Waals surface area contributed by atoms with Crippen LogP contribution >= 0.6 is 0 Å². The first-order chi connectivity index (χ1) is 15.8. The second-order valence-corrected chi connectivity index (χ2v) is 9.39. The molecule has 7 nitrogen and oxygen atoms in total. The smallest absolute Gasteiger partial charge is 0.308 e. The number of unbranched alkanes of at least 4 members (excludes halogenated alkanes) is 2. The Labute approximate surface area is 199 Å². The first-order valence-corrected chi connectivity index (χ1v) is 12.4. The summed E-state index contributed by atoms with van der Waals surface area (Å²) in [5.74, 6) is -0.588. The fraction of sp³-hybridized carbons (Fsp3) is 0.692. The maximum Gasteiger partial charge on any atom is 0.308 e. The summed E-state index contributed by atoms with van der Waals surface area (Å²) in [4.78, 5) is 31.8. The molecule has 2 rings (SSSR count). The molecule has 0 bridgehead atoms. The van der Waals surface area contributed by atoms with E-state index >= 15 is 0 Å². The lowest BCUT2D eigenvalue weighted by molar-refractivity contribution is -0.143. The lowest BCUT2D eigenvalue weighted by Gasteiger charge is -2.29. The summed E-state index contributed by atoms with van der Waals surface area (Å²) in [6, 6.07) is 7.51. The SMILES string of the molecule is CCCCN(CCCCN(C)C)C(=O)CN1C[C@H](c2ccc(OC)cc2)[C@@H](C(=O)O)[C@@H]1CC. The standard InChI is InChI=1S/C26H43N3O4/c1-6-8-16-28(17-10-9-15-27(3)4)24(30)19-29-18-22(25(26(31)32)23(29)7-2)20-11-13-21(33-5)14-12-20/h11-14,22-23,25H,6-10,15-19H2,1-5H3,(H,31,32)/t22-,23+,25-/m1/s1. The van der Waals surface area contributed by atoms with Crippen LogP contribution in [0.3, 0.4) is 0 Å². The van der Waals surface area contributed by atoms with Crippen molar-refractivity contribution in [3.63, 3.8) is 0 Å². The van der Waals surface area contributed by atoms with Crippen LogP contribution in [0, 0.1) is 5.92 Å². The van der Waals surface area contributed by atoms with Crippen molar-refractivity contribution in [3.05, 3.63) is 29.8 Å². The molecule has 33 heavy (non-hydrogen) atoms. The number of ether oxygens (including phenoxy) is 1. The molecule has 1 aliphatic heterocycles. The van der Waals surface area contributed by atoms with Crippen LogP contribution < -0.4 is 4.74 Å². The van der Waals surface area contributed by atoms with Crippen molar-refractivity contribution in [3.8, 4) is 5.75 Å². The summed E-state index contributed by atoms with van der Waals surface area (Å²) < 4.78 is 5.25. The maximum absolute atomic E-state index is 13.3. The minimum absolute atomic E-state index is 0.117. The van der Waals surface area contributed by atoms with Crippen LogP contribution in [0.25, 0.3) is 0 Å². The van der Waals surface area contributed by atoms with E-state index in [1.807, 2.05) is 36.1 Å². The normalized spacial score (nSPS) is 20.8. The van der Waals surface area contributed by atoms with Crippen LogP contribution in [-0.4, -0.2) is 91.7 Å². The van der Waals surface area contributed by atoms with Gasteiger partial charge in [-0.25, -0.2) is 0 Å². The number of hydrogen-bond donors (Lipinski definition) is 1. The van der Waals surface area contributed by atoms with E-state index in [1.54, 1.807) is 7.11 Å². The molecule has 0 aromatic heterocycles. The van der Waals surface area contributed by atoms with E-state index in [1.165, 1.54) is 0 Å². The Balaban J connectivity index is 2.12.